The van der Waals surface area contributed by atoms with Gasteiger partial charge < -0.3 is 5.11 Å². The molecule has 0 atom stereocenters. The van der Waals surface area contributed by atoms with Crippen molar-refractivity contribution in [2.45, 2.75) is 6.92 Å². The second-order valence-corrected chi connectivity index (χ2v) is 6.09. The number of nitrogens with zero attached hydrogens (tertiary/aromatic N) is 3. The fourth-order valence-electron chi connectivity index (χ4n) is 2.33. The number of hydrogen-bond donors (Lipinski definition) is 1. The fourth-order valence-corrected chi connectivity index (χ4v) is 2.72. The predicted octanol–water partition coefficient (Wildman–Crippen LogP) is 5.57. The molecule has 0 unspecified atom stereocenters. The summed E-state index contributed by atoms with van der Waals surface area (Å²) in [6.07, 6.45) is 0. The average molecular weight is 374 g/mol. The number of hydrogen-bond acceptors (Lipinski definition) is 4. The average Bonchev–Trinajstić information content (AvgIpc) is 2.57. The summed E-state index contributed by atoms with van der Waals surface area (Å²) in [7, 11) is 0. The van der Waals surface area contributed by atoms with Crippen molar-refractivity contribution in [3.63, 3.8) is 0 Å². The van der Waals surface area contributed by atoms with E-state index in [0.29, 0.717) is 27.0 Å². The lowest BCUT2D eigenvalue weighted by Gasteiger charge is -2.12. The van der Waals surface area contributed by atoms with Crippen molar-refractivity contribution in [1.82, 2.24) is 4.57 Å². The van der Waals surface area contributed by atoms with Gasteiger partial charge in [-0.2, -0.15) is 0 Å². The highest BCUT2D eigenvalue weighted by Crippen LogP contribution is 2.34. The zero-order valence-electron chi connectivity index (χ0n) is 13.1. The van der Waals surface area contributed by atoms with Crippen LogP contribution in [-0.2, 0) is 0 Å². The van der Waals surface area contributed by atoms with Crippen molar-refractivity contribution >= 4 is 34.6 Å². The minimum absolute atomic E-state index is 0.166. The molecule has 1 aromatic heterocycles. The molecule has 0 aliphatic carbocycles. The van der Waals surface area contributed by atoms with Crippen molar-refractivity contribution in [2.24, 2.45) is 10.2 Å². The molecule has 2 aromatic carbocycles. The van der Waals surface area contributed by atoms with Gasteiger partial charge in [0.15, 0.2) is 0 Å². The molecule has 5 nitrogen and oxygen atoms in total. The standard InChI is InChI=1S/C18H13Cl2N3O2/c1-11-10-16(24)23(15-9-5-3-7-13(15)20)18(25)17(11)22-21-14-8-4-2-6-12(14)19/h2-10,25H,1H3. The highest BCUT2D eigenvalue weighted by atomic mass is 35.5. The van der Waals surface area contributed by atoms with Crippen LogP contribution in [0.25, 0.3) is 5.69 Å². The molecule has 0 bridgehead atoms. The van der Waals surface area contributed by atoms with E-state index in [1.54, 1.807) is 55.5 Å². The smallest absolute Gasteiger partial charge is 0.258 e. The molecule has 3 aromatic rings. The highest BCUT2D eigenvalue weighted by Gasteiger charge is 2.16. The summed E-state index contributed by atoms with van der Waals surface area (Å²) < 4.78 is 1.09. The van der Waals surface area contributed by atoms with Crippen LogP contribution in [0.2, 0.25) is 10.0 Å². The number of aromatic hydroxyl groups is 1. The van der Waals surface area contributed by atoms with E-state index in [9.17, 15) is 9.90 Å². The molecule has 0 saturated carbocycles. The molecule has 0 aliphatic heterocycles. The number of rotatable bonds is 3. The Bertz CT molecular complexity index is 1030. The maximum absolute atomic E-state index is 12.3. The van der Waals surface area contributed by atoms with Gasteiger partial charge in [-0.25, -0.2) is 4.57 Å². The molecule has 126 valence electrons. The van der Waals surface area contributed by atoms with E-state index in [2.05, 4.69) is 10.2 Å². The maximum Gasteiger partial charge on any atom is 0.258 e. The minimum Gasteiger partial charge on any atom is -0.493 e. The highest BCUT2D eigenvalue weighted by molar-refractivity contribution is 6.33. The molecule has 0 radical (unpaired) electrons. The molecule has 25 heavy (non-hydrogen) atoms. The van der Waals surface area contributed by atoms with E-state index in [4.69, 9.17) is 23.2 Å². The summed E-state index contributed by atoms with van der Waals surface area (Å²) in [5.74, 6) is -0.339. The van der Waals surface area contributed by atoms with Gasteiger partial charge in [0.1, 0.15) is 11.4 Å². The Morgan fingerprint density at radius 3 is 2.28 bits per heavy atom. The first-order valence-corrected chi connectivity index (χ1v) is 8.11. The first kappa shape index (κ1) is 17.2. The van der Waals surface area contributed by atoms with Gasteiger partial charge in [0.2, 0.25) is 5.88 Å². The van der Waals surface area contributed by atoms with Crippen LogP contribution in [0.1, 0.15) is 5.56 Å². The van der Waals surface area contributed by atoms with Crippen molar-refractivity contribution in [2.75, 3.05) is 0 Å². The van der Waals surface area contributed by atoms with Crippen LogP contribution in [0, 0.1) is 6.92 Å². The first-order chi connectivity index (χ1) is 12.0. The van der Waals surface area contributed by atoms with Gasteiger partial charge in [-0.05, 0) is 36.8 Å². The van der Waals surface area contributed by atoms with E-state index in [1.165, 1.54) is 6.07 Å². The van der Waals surface area contributed by atoms with Gasteiger partial charge in [-0.1, -0.05) is 47.5 Å². The van der Waals surface area contributed by atoms with Crippen LogP contribution < -0.4 is 5.56 Å². The number of aromatic nitrogens is 1. The van der Waals surface area contributed by atoms with Crippen LogP contribution in [0.5, 0.6) is 5.88 Å². The van der Waals surface area contributed by atoms with Crippen molar-refractivity contribution in [1.29, 1.82) is 0 Å². The lowest BCUT2D eigenvalue weighted by Crippen LogP contribution is -2.18. The van der Waals surface area contributed by atoms with Crippen molar-refractivity contribution in [3.8, 4) is 11.6 Å². The van der Waals surface area contributed by atoms with Crippen LogP contribution in [-0.4, -0.2) is 9.67 Å². The van der Waals surface area contributed by atoms with Gasteiger partial charge in [0.05, 0.1) is 15.7 Å². The van der Waals surface area contributed by atoms with E-state index in [1.807, 2.05) is 0 Å². The molecule has 0 saturated heterocycles. The van der Waals surface area contributed by atoms with Crippen LogP contribution in [0.15, 0.2) is 69.6 Å². The SMILES string of the molecule is Cc1cc(=O)n(-c2ccccc2Cl)c(O)c1N=Nc1ccccc1Cl. The summed E-state index contributed by atoms with van der Waals surface area (Å²) in [6, 6.07) is 15.0. The third-order valence-electron chi connectivity index (χ3n) is 3.56. The first-order valence-electron chi connectivity index (χ1n) is 7.36. The molecule has 1 heterocycles. The van der Waals surface area contributed by atoms with Crippen molar-refractivity contribution < 1.29 is 5.11 Å². The monoisotopic (exact) mass is 373 g/mol. The van der Waals surface area contributed by atoms with E-state index >= 15 is 0 Å². The molecular weight excluding hydrogens is 361 g/mol. The molecule has 0 amide bonds. The molecule has 0 spiro atoms. The maximum atomic E-state index is 12.3. The Morgan fingerprint density at radius 2 is 1.60 bits per heavy atom. The Hall–Kier alpha value is -2.63. The topological polar surface area (TPSA) is 67.0 Å². The normalized spacial score (nSPS) is 11.2. The lowest BCUT2D eigenvalue weighted by molar-refractivity contribution is 0.436. The molecule has 0 aliphatic rings. The number of benzene rings is 2. The molecule has 0 fully saturated rings. The Labute approximate surface area is 153 Å². The number of azo groups is 1. The third-order valence-corrected chi connectivity index (χ3v) is 4.20. The summed E-state index contributed by atoms with van der Waals surface area (Å²) in [6.45, 7) is 1.67. The number of aryl methyl sites for hydroxylation is 1. The second kappa shape index (κ2) is 7.09. The van der Waals surface area contributed by atoms with Crippen molar-refractivity contribution in [3.05, 3.63) is 80.6 Å². The molecule has 7 heteroatoms. The summed E-state index contributed by atoms with van der Waals surface area (Å²) >= 11 is 12.2. The Kier molecular flexibility index (Phi) is 4.88. The van der Waals surface area contributed by atoms with Crippen LogP contribution >= 0.6 is 23.2 Å². The lowest BCUT2D eigenvalue weighted by atomic mass is 10.2. The zero-order valence-corrected chi connectivity index (χ0v) is 14.7. The fraction of sp³-hybridized carbons (Fsp3) is 0.0556. The Balaban J connectivity index is 2.16. The van der Waals surface area contributed by atoms with Gasteiger partial charge in [-0.3, -0.25) is 4.79 Å². The molecule has 3 rings (SSSR count). The Morgan fingerprint density at radius 1 is 0.960 bits per heavy atom. The zero-order chi connectivity index (χ0) is 18.0. The number of halogens is 2. The van der Waals surface area contributed by atoms with E-state index < -0.39 is 5.56 Å². The minimum atomic E-state index is -0.417. The molecule has 1 N–H and O–H groups in total. The summed E-state index contributed by atoms with van der Waals surface area (Å²) in [5.41, 5.74) is 1.06. The van der Waals surface area contributed by atoms with Crippen LogP contribution in [0.3, 0.4) is 0 Å². The number of para-hydroxylation sites is 1. The predicted molar refractivity (Wildman–Crippen MR) is 99.1 cm³/mol. The quantitative estimate of drug-likeness (QED) is 0.609. The van der Waals surface area contributed by atoms with Gasteiger partial charge in [-0.15, -0.1) is 10.2 Å². The van der Waals surface area contributed by atoms with Gasteiger partial charge in [0, 0.05) is 6.07 Å². The summed E-state index contributed by atoms with van der Waals surface area (Å²) in [5, 5.41) is 19.5. The third kappa shape index (κ3) is 3.43. The molecular formula is C18H13Cl2N3O2. The largest absolute Gasteiger partial charge is 0.493 e. The van der Waals surface area contributed by atoms with Gasteiger partial charge >= 0.3 is 0 Å². The van der Waals surface area contributed by atoms with Gasteiger partial charge in [0.25, 0.3) is 5.56 Å². The number of pyridine rings is 1. The van der Waals surface area contributed by atoms with E-state index in [-0.39, 0.29) is 11.6 Å². The summed E-state index contributed by atoms with van der Waals surface area (Å²) in [4.78, 5) is 12.3. The van der Waals surface area contributed by atoms with E-state index in [0.717, 1.165) is 4.57 Å². The van der Waals surface area contributed by atoms with Crippen LogP contribution in [0.4, 0.5) is 11.4 Å². The second-order valence-electron chi connectivity index (χ2n) is 5.28.